The lowest BCUT2D eigenvalue weighted by atomic mass is 9.98. The van der Waals surface area contributed by atoms with Gasteiger partial charge < -0.3 is 10.1 Å². The minimum Gasteiger partial charge on any atom is -0.444 e. The topological polar surface area (TPSA) is 84.4 Å². The van der Waals surface area contributed by atoms with Crippen LogP contribution in [0.15, 0.2) is 12.4 Å². The van der Waals surface area contributed by atoms with Gasteiger partial charge >= 0.3 is 6.09 Å². The number of ether oxygens (including phenoxy) is 1. The van der Waals surface area contributed by atoms with Gasteiger partial charge in [0.05, 0.1) is 12.2 Å². The van der Waals surface area contributed by atoms with Gasteiger partial charge in [-0.3, -0.25) is 14.7 Å². The molecule has 1 aromatic heterocycles. The number of likely N-dealkylation sites (tertiary alicyclic amines) is 1. The zero-order valence-electron chi connectivity index (χ0n) is 14.7. The van der Waals surface area contributed by atoms with Crippen molar-refractivity contribution < 1.29 is 14.3 Å². The van der Waals surface area contributed by atoms with E-state index in [1.165, 1.54) is 12.4 Å². The highest BCUT2D eigenvalue weighted by Gasteiger charge is 2.52. The van der Waals surface area contributed by atoms with Gasteiger partial charge in [-0.05, 0) is 46.0 Å². The van der Waals surface area contributed by atoms with E-state index < -0.39 is 17.7 Å². The third kappa shape index (κ3) is 3.86. The van der Waals surface area contributed by atoms with Gasteiger partial charge in [0.25, 0.3) is 0 Å². The molecule has 0 aromatic carbocycles. The monoisotopic (exact) mass is 366 g/mol. The number of amides is 2. The standard InChI is InChI=1S/C17H23ClN4O3/c1-17(2,3)25-16(24)22-11-5-4-10(8-11)13(22)15(23)21-9-12-14(18)20-7-6-19-12/h6-7,10-11,13H,4-5,8-9H2,1-3H3,(H,21,23). The Balaban J connectivity index is 1.69. The minimum atomic E-state index is -0.590. The van der Waals surface area contributed by atoms with Crippen LogP contribution in [0.5, 0.6) is 0 Å². The van der Waals surface area contributed by atoms with Crippen molar-refractivity contribution in [3.63, 3.8) is 0 Å². The van der Waals surface area contributed by atoms with Crippen molar-refractivity contribution >= 4 is 23.6 Å². The Kier molecular flexibility index (Phi) is 4.86. The van der Waals surface area contributed by atoms with Crippen LogP contribution in [0.25, 0.3) is 0 Å². The number of aromatic nitrogens is 2. The van der Waals surface area contributed by atoms with Crippen molar-refractivity contribution in [1.82, 2.24) is 20.2 Å². The van der Waals surface area contributed by atoms with Crippen molar-refractivity contribution in [2.24, 2.45) is 5.92 Å². The molecule has 1 saturated carbocycles. The Morgan fingerprint density at radius 2 is 2.04 bits per heavy atom. The van der Waals surface area contributed by atoms with Gasteiger partial charge in [-0.25, -0.2) is 9.78 Å². The molecular weight excluding hydrogens is 344 g/mol. The molecule has 1 aliphatic heterocycles. The number of hydrogen-bond donors (Lipinski definition) is 1. The smallest absolute Gasteiger partial charge is 0.411 e. The minimum absolute atomic E-state index is 0.0794. The van der Waals surface area contributed by atoms with Crippen molar-refractivity contribution in [3.8, 4) is 0 Å². The SMILES string of the molecule is CC(C)(C)OC(=O)N1C2CCC(C2)C1C(=O)NCc1nccnc1Cl. The fraction of sp³-hybridized carbons (Fsp3) is 0.647. The van der Waals surface area contributed by atoms with Gasteiger partial charge in [0.2, 0.25) is 5.91 Å². The molecule has 2 heterocycles. The average molecular weight is 367 g/mol. The highest BCUT2D eigenvalue weighted by atomic mass is 35.5. The van der Waals surface area contributed by atoms with E-state index in [4.69, 9.17) is 16.3 Å². The van der Waals surface area contributed by atoms with Gasteiger partial charge in [-0.2, -0.15) is 0 Å². The molecule has 8 heteroatoms. The first-order valence-electron chi connectivity index (χ1n) is 8.50. The summed E-state index contributed by atoms with van der Waals surface area (Å²) >= 11 is 5.97. The maximum absolute atomic E-state index is 12.7. The van der Waals surface area contributed by atoms with Crippen molar-refractivity contribution in [2.75, 3.05) is 0 Å². The summed E-state index contributed by atoms with van der Waals surface area (Å²) in [5.74, 6) is -0.0189. The first kappa shape index (κ1) is 17.9. The molecule has 2 aliphatic rings. The van der Waals surface area contributed by atoms with Crippen LogP contribution in [0.1, 0.15) is 45.7 Å². The summed E-state index contributed by atoms with van der Waals surface area (Å²) in [6.45, 7) is 5.65. The van der Waals surface area contributed by atoms with E-state index in [-0.39, 0.29) is 29.6 Å². The first-order valence-corrected chi connectivity index (χ1v) is 8.88. The molecule has 136 valence electrons. The second kappa shape index (κ2) is 6.78. The van der Waals surface area contributed by atoms with Gasteiger partial charge in [0.1, 0.15) is 11.6 Å². The quantitative estimate of drug-likeness (QED) is 0.888. The van der Waals surface area contributed by atoms with Gasteiger partial charge in [-0.15, -0.1) is 0 Å². The fourth-order valence-corrected chi connectivity index (χ4v) is 3.82. The van der Waals surface area contributed by atoms with E-state index in [0.29, 0.717) is 5.69 Å². The average Bonchev–Trinajstić information content (AvgIpc) is 3.13. The van der Waals surface area contributed by atoms with E-state index in [0.717, 1.165) is 19.3 Å². The lowest BCUT2D eigenvalue weighted by molar-refractivity contribution is -0.128. The van der Waals surface area contributed by atoms with Crippen LogP contribution in [-0.4, -0.2) is 44.6 Å². The molecular formula is C17H23ClN4O3. The number of carbonyl (C=O) groups excluding carboxylic acids is 2. The molecule has 1 saturated heterocycles. The fourth-order valence-electron chi connectivity index (χ4n) is 3.65. The summed E-state index contributed by atoms with van der Waals surface area (Å²) in [7, 11) is 0. The molecule has 25 heavy (non-hydrogen) atoms. The zero-order valence-corrected chi connectivity index (χ0v) is 15.4. The Morgan fingerprint density at radius 1 is 1.32 bits per heavy atom. The Morgan fingerprint density at radius 3 is 2.72 bits per heavy atom. The summed E-state index contributed by atoms with van der Waals surface area (Å²) in [6.07, 6.45) is 5.32. The molecule has 1 N–H and O–H groups in total. The van der Waals surface area contributed by atoms with Crippen LogP contribution < -0.4 is 5.32 Å². The maximum atomic E-state index is 12.7. The molecule has 1 aliphatic carbocycles. The van der Waals surface area contributed by atoms with E-state index in [9.17, 15) is 9.59 Å². The third-order valence-electron chi connectivity index (χ3n) is 4.61. The highest BCUT2D eigenvalue weighted by molar-refractivity contribution is 6.29. The van der Waals surface area contributed by atoms with Crippen molar-refractivity contribution in [2.45, 2.75) is 64.3 Å². The van der Waals surface area contributed by atoms with E-state index in [1.54, 1.807) is 4.90 Å². The summed E-state index contributed by atoms with van der Waals surface area (Å²) in [5.41, 5.74) is -0.0860. The molecule has 2 amide bonds. The Hall–Kier alpha value is -1.89. The van der Waals surface area contributed by atoms with Crippen molar-refractivity contribution in [1.29, 1.82) is 0 Å². The second-order valence-electron chi connectivity index (χ2n) is 7.57. The predicted octanol–water partition coefficient (Wildman–Crippen LogP) is 2.53. The largest absolute Gasteiger partial charge is 0.444 e. The van der Waals surface area contributed by atoms with Crippen LogP contribution >= 0.6 is 11.6 Å². The normalized spacial score (nSPS) is 25.1. The van der Waals surface area contributed by atoms with E-state index in [2.05, 4.69) is 15.3 Å². The molecule has 3 rings (SSSR count). The van der Waals surface area contributed by atoms with Gasteiger partial charge in [0.15, 0.2) is 5.15 Å². The lowest BCUT2D eigenvalue weighted by Gasteiger charge is -2.35. The Labute approximate surface area is 152 Å². The summed E-state index contributed by atoms with van der Waals surface area (Å²) in [4.78, 5) is 35.0. The number of rotatable bonds is 3. The highest BCUT2D eigenvalue weighted by Crippen LogP contribution is 2.43. The number of piperidine rings is 1. The zero-order chi connectivity index (χ0) is 18.2. The van der Waals surface area contributed by atoms with E-state index in [1.807, 2.05) is 20.8 Å². The number of fused-ring (bicyclic) bond motifs is 2. The summed E-state index contributed by atoms with van der Waals surface area (Å²) in [6, 6.07) is -0.417. The molecule has 3 unspecified atom stereocenters. The van der Waals surface area contributed by atoms with Gasteiger partial charge in [-0.1, -0.05) is 11.6 Å². The summed E-state index contributed by atoms with van der Waals surface area (Å²) < 4.78 is 5.50. The van der Waals surface area contributed by atoms with Crippen LogP contribution in [-0.2, 0) is 16.1 Å². The third-order valence-corrected chi connectivity index (χ3v) is 4.93. The number of halogens is 1. The van der Waals surface area contributed by atoms with Crippen LogP contribution in [0, 0.1) is 5.92 Å². The van der Waals surface area contributed by atoms with Crippen LogP contribution in [0.2, 0.25) is 5.15 Å². The van der Waals surface area contributed by atoms with Crippen LogP contribution in [0.3, 0.4) is 0 Å². The van der Waals surface area contributed by atoms with Crippen LogP contribution in [0.4, 0.5) is 4.79 Å². The summed E-state index contributed by atoms with van der Waals surface area (Å²) in [5, 5.41) is 3.10. The molecule has 1 aromatic rings. The predicted molar refractivity (Wildman–Crippen MR) is 91.9 cm³/mol. The number of hydrogen-bond acceptors (Lipinski definition) is 5. The Bertz CT molecular complexity index is 676. The molecule has 7 nitrogen and oxygen atoms in total. The number of nitrogens with zero attached hydrogens (tertiary/aromatic N) is 3. The van der Waals surface area contributed by atoms with E-state index >= 15 is 0 Å². The molecule has 3 atom stereocenters. The molecule has 0 spiro atoms. The maximum Gasteiger partial charge on any atom is 0.411 e. The number of carbonyl (C=O) groups is 2. The second-order valence-corrected chi connectivity index (χ2v) is 7.93. The lowest BCUT2D eigenvalue weighted by Crippen LogP contribution is -2.53. The molecule has 0 radical (unpaired) electrons. The molecule has 2 fully saturated rings. The molecule has 2 bridgehead atoms. The number of nitrogens with one attached hydrogen (secondary N) is 1. The van der Waals surface area contributed by atoms with Gasteiger partial charge in [0, 0.05) is 18.4 Å². The van der Waals surface area contributed by atoms with Crippen molar-refractivity contribution in [3.05, 3.63) is 23.2 Å². The first-order chi connectivity index (χ1) is 11.8.